The van der Waals surface area contributed by atoms with Gasteiger partial charge in [0.05, 0.1) is 13.7 Å². The summed E-state index contributed by atoms with van der Waals surface area (Å²) >= 11 is 0. The monoisotopic (exact) mass is 404 g/mol. The lowest BCUT2D eigenvalue weighted by atomic mass is 10.0. The van der Waals surface area contributed by atoms with E-state index in [1.807, 2.05) is 0 Å². The number of hydrogen-bond acceptors (Lipinski definition) is 6. The van der Waals surface area contributed by atoms with Crippen LogP contribution in [-0.4, -0.2) is 61.3 Å². The zero-order chi connectivity index (χ0) is 21.3. The number of methoxy groups -OCH3 is 1. The highest BCUT2D eigenvalue weighted by molar-refractivity contribution is 5.90. The number of nitrogens with zero attached hydrogens (tertiary/aromatic N) is 1. The van der Waals surface area contributed by atoms with Gasteiger partial charge in [-0.1, -0.05) is 30.3 Å². The third-order valence-electron chi connectivity index (χ3n) is 3.51. The molecule has 0 aromatic heterocycles. The minimum absolute atomic E-state index is 0.0479. The van der Waals surface area contributed by atoms with Crippen molar-refractivity contribution in [1.82, 2.24) is 10.2 Å². The number of esters is 2. The average molecular weight is 404 g/mol. The summed E-state index contributed by atoms with van der Waals surface area (Å²) in [5.74, 6) is -5.02. The predicted octanol–water partition coefficient (Wildman–Crippen LogP) is 0.798. The van der Waals surface area contributed by atoms with E-state index in [4.69, 9.17) is 4.74 Å². The van der Waals surface area contributed by atoms with Gasteiger partial charge in [-0.05, 0) is 5.56 Å². The Morgan fingerprint density at radius 3 is 2.25 bits per heavy atom. The molecule has 0 radical (unpaired) electrons. The Bertz CT molecular complexity index is 709. The number of carbonyl (C=O) groups excluding carboxylic acids is 4. The predicted molar refractivity (Wildman–Crippen MR) is 88.5 cm³/mol. The molecule has 1 aromatic carbocycles. The maximum absolute atomic E-state index is 12.4. The molecule has 0 heterocycles. The topological polar surface area (TPSA) is 102 Å². The van der Waals surface area contributed by atoms with Crippen molar-refractivity contribution in [3.05, 3.63) is 35.9 Å². The molecule has 1 aromatic rings. The molecule has 0 saturated carbocycles. The second-order valence-electron chi connectivity index (χ2n) is 5.54. The van der Waals surface area contributed by atoms with Gasteiger partial charge < -0.3 is 14.8 Å². The van der Waals surface area contributed by atoms with Crippen molar-refractivity contribution >= 4 is 23.8 Å². The molecule has 0 bridgehead atoms. The smallest absolute Gasteiger partial charge is 0.467 e. The molecule has 2 amide bonds. The van der Waals surface area contributed by atoms with Crippen LogP contribution >= 0.6 is 0 Å². The molecule has 154 valence electrons. The standard InChI is InChI=1S/C17H19F3N2O6/c1-11(23)28-10-22(14(24)9-21-16(26)17(18,19)20)13(15(25)27-2)8-12-6-4-3-5-7-12/h3-7,13H,8-10H2,1-2H3,(H,21,26)/t13-/m0/s1. The van der Waals surface area contributed by atoms with Gasteiger partial charge >= 0.3 is 24.0 Å². The van der Waals surface area contributed by atoms with Crippen LogP contribution in [0.3, 0.4) is 0 Å². The summed E-state index contributed by atoms with van der Waals surface area (Å²) in [5.41, 5.74) is 0.623. The quantitative estimate of drug-likeness (QED) is 0.508. The summed E-state index contributed by atoms with van der Waals surface area (Å²) in [5, 5.41) is 1.42. The normalized spacial score (nSPS) is 11.9. The molecule has 28 heavy (non-hydrogen) atoms. The van der Waals surface area contributed by atoms with Crippen LogP contribution in [0.1, 0.15) is 12.5 Å². The van der Waals surface area contributed by atoms with Crippen molar-refractivity contribution in [3.63, 3.8) is 0 Å². The first-order valence-corrected chi connectivity index (χ1v) is 7.95. The number of ether oxygens (including phenoxy) is 2. The number of halogens is 3. The third kappa shape index (κ3) is 7.25. The van der Waals surface area contributed by atoms with Gasteiger partial charge in [-0.2, -0.15) is 13.2 Å². The number of rotatable bonds is 8. The summed E-state index contributed by atoms with van der Waals surface area (Å²) in [4.78, 5) is 47.3. The first kappa shape index (κ1) is 22.9. The minimum Gasteiger partial charge on any atom is -0.467 e. The summed E-state index contributed by atoms with van der Waals surface area (Å²) in [7, 11) is 1.07. The van der Waals surface area contributed by atoms with Gasteiger partial charge in [0, 0.05) is 13.3 Å². The molecular weight excluding hydrogens is 385 g/mol. The fourth-order valence-corrected chi connectivity index (χ4v) is 2.15. The lowest BCUT2D eigenvalue weighted by Crippen LogP contribution is -2.52. The Labute approximate surface area is 158 Å². The molecule has 11 heteroatoms. The van der Waals surface area contributed by atoms with Gasteiger partial charge in [-0.3, -0.25) is 19.3 Å². The average Bonchev–Trinajstić information content (AvgIpc) is 2.64. The number of alkyl halides is 3. The molecule has 1 N–H and O–H groups in total. The molecule has 0 unspecified atom stereocenters. The number of nitrogens with one attached hydrogen (secondary N) is 1. The molecule has 0 spiro atoms. The zero-order valence-electron chi connectivity index (χ0n) is 15.1. The second kappa shape index (κ2) is 10.3. The van der Waals surface area contributed by atoms with Gasteiger partial charge in [0.2, 0.25) is 5.91 Å². The van der Waals surface area contributed by atoms with Crippen LogP contribution in [0.15, 0.2) is 30.3 Å². The van der Waals surface area contributed by atoms with Gasteiger partial charge in [0.15, 0.2) is 6.73 Å². The van der Waals surface area contributed by atoms with E-state index in [2.05, 4.69) is 4.74 Å². The number of carbonyl (C=O) groups is 4. The van der Waals surface area contributed by atoms with Gasteiger partial charge in [0.1, 0.15) is 6.04 Å². The van der Waals surface area contributed by atoms with E-state index < -0.39 is 49.2 Å². The Morgan fingerprint density at radius 2 is 1.75 bits per heavy atom. The summed E-state index contributed by atoms with van der Waals surface area (Å²) in [6.45, 7) is -0.705. The van der Waals surface area contributed by atoms with Gasteiger partial charge in [-0.15, -0.1) is 0 Å². The molecule has 1 atom stereocenters. The zero-order valence-corrected chi connectivity index (χ0v) is 15.1. The lowest BCUT2D eigenvalue weighted by molar-refractivity contribution is -0.174. The molecule has 0 aliphatic heterocycles. The number of hydrogen-bond donors (Lipinski definition) is 1. The second-order valence-corrected chi connectivity index (χ2v) is 5.54. The molecule has 8 nitrogen and oxygen atoms in total. The molecule has 0 aliphatic rings. The van der Waals surface area contributed by atoms with Crippen LogP contribution in [0.4, 0.5) is 13.2 Å². The van der Waals surface area contributed by atoms with Crippen molar-refractivity contribution in [2.75, 3.05) is 20.4 Å². The van der Waals surface area contributed by atoms with E-state index in [-0.39, 0.29) is 6.42 Å². The van der Waals surface area contributed by atoms with E-state index >= 15 is 0 Å². The van der Waals surface area contributed by atoms with Gasteiger partial charge in [0.25, 0.3) is 0 Å². The van der Waals surface area contributed by atoms with E-state index in [1.54, 1.807) is 30.3 Å². The third-order valence-corrected chi connectivity index (χ3v) is 3.51. The van der Waals surface area contributed by atoms with Crippen molar-refractivity contribution in [3.8, 4) is 0 Å². The molecule has 1 rings (SSSR count). The SMILES string of the molecule is COC(=O)[C@H](Cc1ccccc1)N(COC(C)=O)C(=O)CNC(=O)C(F)(F)F. The molecular formula is C17H19F3N2O6. The van der Waals surface area contributed by atoms with E-state index in [9.17, 15) is 32.3 Å². The highest BCUT2D eigenvalue weighted by atomic mass is 19.4. The molecule has 0 aliphatic carbocycles. The van der Waals surface area contributed by atoms with Crippen molar-refractivity contribution in [1.29, 1.82) is 0 Å². The van der Waals surface area contributed by atoms with Crippen LogP contribution < -0.4 is 5.32 Å². The fraction of sp³-hybridized carbons (Fsp3) is 0.412. The first-order valence-electron chi connectivity index (χ1n) is 7.95. The fourth-order valence-electron chi connectivity index (χ4n) is 2.15. The van der Waals surface area contributed by atoms with E-state index in [0.29, 0.717) is 5.56 Å². The summed E-state index contributed by atoms with van der Waals surface area (Å²) in [6, 6.07) is 7.13. The van der Waals surface area contributed by atoms with Crippen LogP contribution in [0, 0.1) is 0 Å². The highest BCUT2D eigenvalue weighted by Crippen LogP contribution is 2.15. The van der Waals surface area contributed by atoms with E-state index in [1.165, 1.54) is 5.32 Å². The molecule has 0 saturated heterocycles. The summed E-state index contributed by atoms with van der Waals surface area (Å²) < 4.78 is 46.3. The minimum atomic E-state index is -5.17. The number of amides is 2. The molecule has 0 fully saturated rings. The van der Waals surface area contributed by atoms with Crippen LogP contribution in [0.2, 0.25) is 0 Å². The van der Waals surface area contributed by atoms with Crippen LogP contribution in [0.25, 0.3) is 0 Å². The van der Waals surface area contributed by atoms with Crippen LogP contribution in [0.5, 0.6) is 0 Å². The Morgan fingerprint density at radius 1 is 1.14 bits per heavy atom. The Balaban J connectivity index is 3.04. The maximum Gasteiger partial charge on any atom is 0.471 e. The van der Waals surface area contributed by atoms with E-state index in [0.717, 1.165) is 18.9 Å². The van der Waals surface area contributed by atoms with Crippen LogP contribution in [-0.2, 0) is 35.1 Å². The van der Waals surface area contributed by atoms with Crippen molar-refractivity contribution in [2.24, 2.45) is 0 Å². The van der Waals surface area contributed by atoms with Gasteiger partial charge in [-0.25, -0.2) is 4.79 Å². The van der Waals surface area contributed by atoms with Crippen molar-refractivity contribution < 1.29 is 41.8 Å². The number of benzene rings is 1. The Hall–Kier alpha value is -3.11. The maximum atomic E-state index is 12.4. The first-order chi connectivity index (χ1) is 13.1. The lowest BCUT2D eigenvalue weighted by Gasteiger charge is -2.29. The summed E-state index contributed by atoms with van der Waals surface area (Å²) in [6.07, 6.45) is -5.22. The highest BCUT2D eigenvalue weighted by Gasteiger charge is 2.39. The van der Waals surface area contributed by atoms with Crippen molar-refractivity contribution in [2.45, 2.75) is 25.6 Å². The Kier molecular flexibility index (Phi) is 8.42. The largest absolute Gasteiger partial charge is 0.471 e.